The molecule has 1 saturated heterocycles. The van der Waals surface area contributed by atoms with Crippen LogP contribution in [0.25, 0.3) is 0 Å². The van der Waals surface area contributed by atoms with Crippen LogP contribution >= 0.6 is 11.3 Å². The Kier molecular flexibility index (Phi) is 3.39. The van der Waals surface area contributed by atoms with Gasteiger partial charge >= 0.3 is 0 Å². The number of hydrogen-bond acceptors (Lipinski definition) is 6. The molecule has 0 spiro atoms. The minimum absolute atomic E-state index is 0.139. The lowest BCUT2D eigenvalue weighted by Gasteiger charge is -2.37. The number of nitrogens with two attached hydrogens (primary N) is 2. The Morgan fingerprint density at radius 1 is 1.63 bits per heavy atom. The second kappa shape index (κ2) is 4.72. The number of nitrogens with zero attached hydrogens (tertiary/aromatic N) is 2. The lowest BCUT2D eigenvalue weighted by Crippen LogP contribution is -2.46. The van der Waals surface area contributed by atoms with Gasteiger partial charge in [-0.15, -0.1) is 11.3 Å². The summed E-state index contributed by atoms with van der Waals surface area (Å²) in [4.78, 5) is 13.4. The highest BCUT2D eigenvalue weighted by Gasteiger charge is 2.32. The Labute approximate surface area is 115 Å². The monoisotopic (exact) mass is 280 g/mol. The number of anilines is 2. The van der Waals surface area contributed by atoms with E-state index in [1.165, 1.54) is 0 Å². The maximum atomic E-state index is 11.3. The number of carbonyl (C=O) groups is 1. The van der Waals surface area contributed by atoms with E-state index in [1.54, 1.807) is 6.92 Å². The second-order valence-electron chi connectivity index (χ2n) is 5.02. The SMILES string of the molecule is CC1(O)CCCN(c2sc(C(N)=O)c(N)c2C#N)C1. The van der Waals surface area contributed by atoms with Gasteiger partial charge in [0.2, 0.25) is 0 Å². The van der Waals surface area contributed by atoms with Gasteiger partial charge in [0.25, 0.3) is 5.91 Å². The number of carbonyl (C=O) groups excluding carboxylic acids is 1. The molecular weight excluding hydrogens is 264 g/mol. The van der Waals surface area contributed by atoms with Crippen molar-refractivity contribution < 1.29 is 9.90 Å². The zero-order valence-electron chi connectivity index (χ0n) is 10.6. The Balaban J connectivity index is 2.42. The predicted molar refractivity (Wildman–Crippen MR) is 74.0 cm³/mol. The molecule has 1 aromatic heterocycles. The number of primary amides is 1. The molecule has 0 aromatic carbocycles. The smallest absolute Gasteiger partial charge is 0.261 e. The fourth-order valence-electron chi connectivity index (χ4n) is 2.34. The third kappa shape index (κ3) is 2.50. The van der Waals surface area contributed by atoms with E-state index in [2.05, 4.69) is 0 Å². The van der Waals surface area contributed by atoms with Gasteiger partial charge in [-0.05, 0) is 19.8 Å². The van der Waals surface area contributed by atoms with Gasteiger partial charge in [-0.25, -0.2) is 0 Å². The number of nitriles is 1. The van der Waals surface area contributed by atoms with E-state index in [0.29, 0.717) is 11.5 Å². The topological polar surface area (TPSA) is 116 Å². The molecule has 1 fully saturated rings. The molecule has 1 unspecified atom stereocenters. The van der Waals surface area contributed by atoms with Crippen molar-refractivity contribution in [3.8, 4) is 6.07 Å². The van der Waals surface area contributed by atoms with E-state index >= 15 is 0 Å². The Morgan fingerprint density at radius 2 is 2.32 bits per heavy atom. The number of amides is 1. The standard InChI is InChI=1S/C12H16N4O2S/c1-12(18)3-2-4-16(6-12)11-7(5-13)8(14)9(19-11)10(15)17/h18H,2-4,6,14H2,1H3,(H2,15,17). The van der Waals surface area contributed by atoms with Crippen molar-refractivity contribution in [2.45, 2.75) is 25.4 Å². The summed E-state index contributed by atoms with van der Waals surface area (Å²) >= 11 is 1.12. The zero-order valence-corrected chi connectivity index (χ0v) is 11.5. The first-order valence-corrected chi connectivity index (χ1v) is 6.77. The van der Waals surface area contributed by atoms with Crippen molar-refractivity contribution in [3.05, 3.63) is 10.4 Å². The minimum Gasteiger partial charge on any atom is -0.396 e. The fourth-order valence-corrected chi connectivity index (χ4v) is 3.39. The molecule has 1 aliphatic heterocycles. The number of piperidine rings is 1. The first kappa shape index (κ1) is 13.6. The average Bonchev–Trinajstić information content (AvgIpc) is 2.65. The van der Waals surface area contributed by atoms with Crippen molar-refractivity contribution in [3.63, 3.8) is 0 Å². The molecule has 5 N–H and O–H groups in total. The van der Waals surface area contributed by atoms with Crippen molar-refractivity contribution in [1.82, 2.24) is 0 Å². The van der Waals surface area contributed by atoms with Crippen LogP contribution in [0, 0.1) is 11.3 Å². The summed E-state index contributed by atoms with van der Waals surface area (Å²) in [6, 6.07) is 2.02. The summed E-state index contributed by atoms with van der Waals surface area (Å²) in [5, 5.41) is 19.9. The molecule has 0 aliphatic carbocycles. The predicted octanol–water partition coefficient (Wildman–Crippen LogP) is 0.652. The number of β-amino-alcohol motifs (C(OH)–C–C–N with tert-alkyl or cyclic N) is 1. The molecule has 1 aliphatic rings. The molecule has 2 heterocycles. The largest absolute Gasteiger partial charge is 0.396 e. The third-order valence-corrected chi connectivity index (χ3v) is 4.51. The first-order valence-electron chi connectivity index (χ1n) is 5.95. The number of thiophene rings is 1. The summed E-state index contributed by atoms with van der Waals surface area (Å²) in [5.74, 6) is -0.631. The summed E-state index contributed by atoms with van der Waals surface area (Å²) in [6.45, 7) is 2.90. The highest BCUT2D eigenvalue weighted by atomic mass is 32.1. The highest BCUT2D eigenvalue weighted by molar-refractivity contribution is 7.19. The van der Waals surface area contributed by atoms with Crippen LogP contribution in [0.4, 0.5) is 10.7 Å². The summed E-state index contributed by atoms with van der Waals surface area (Å²) < 4.78 is 0. The van der Waals surface area contributed by atoms with Crippen LogP contribution in [0.3, 0.4) is 0 Å². The molecule has 1 amide bonds. The van der Waals surface area contributed by atoms with Crippen molar-refractivity contribution in [1.29, 1.82) is 5.26 Å². The van der Waals surface area contributed by atoms with E-state index in [4.69, 9.17) is 11.5 Å². The van der Waals surface area contributed by atoms with E-state index in [9.17, 15) is 15.2 Å². The van der Waals surface area contributed by atoms with Crippen LogP contribution in [0.2, 0.25) is 0 Å². The molecule has 2 rings (SSSR count). The van der Waals surface area contributed by atoms with Gasteiger partial charge in [-0.3, -0.25) is 4.79 Å². The molecule has 102 valence electrons. The van der Waals surface area contributed by atoms with Crippen LogP contribution in [0.15, 0.2) is 0 Å². The number of hydrogen-bond donors (Lipinski definition) is 3. The normalized spacial score (nSPS) is 23.1. The molecule has 19 heavy (non-hydrogen) atoms. The molecule has 0 radical (unpaired) electrons. The highest BCUT2D eigenvalue weighted by Crippen LogP contribution is 2.39. The van der Waals surface area contributed by atoms with Crippen LogP contribution in [-0.4, -0.2) is 29.7 Å². The number of aliphatic hydroxyl groups is 1. The fraction of sp³-hybridized carbons (Fsp3) is 0.500. The van der Waals surface area contributed by atoms with Crippen LogP contribution < -0.4 is 16.4 Å². The molecule has 7 heteroatoms. The maximum absolute atomic E-state index is 11.3. The molecular formula is C12H16N4O2S. The first-order chi connectivity index (χ1) is 8.85. The van der Waals surface area contributed by atoms with Gasteiger partial charge in [0, 0.05) is 13.1 Å². The Hall–Kier alpha value is -1.78. The van der Waals surface area contributed by atoms with E-state index in [1.807, 2.05) is 11.0 Å². The lowest BCUT2D eigenvalue weighted by molar-refractivity contribution is 0.0451. The van der Waals surface area contributed by atoms with Gasteiger partial charge in [0.15, 0.2) is 0 Å². The zero-order chi connectivity index (χ0) is 14.2. The van der Waals surface area contributed by atoms with Gasteiger partial charge in [-0.2, -0.15) is 5.26 Å². The van der Waals surface area contributed by atoms with Crippen molar-refractivity contribution in [2.24, 2.45) is 5.73 Å². The maximum Gasteiger partial charge on any atom is 0.261 e. The second-order valence-corrected chi connectivity index (χ2v) is 6.02. The molecule has 1 aromatic rings. The van der Waals surface area contributed by atoms with Gasteiger partial charge in [0.1, 0.15) is 21.5 Å². The summed E-state index contributed by atoms with van der Waals surface area (Å²) in [6.07, 6.45) is 1.54. The van der Waals surface area contributed by atoms with Crippen LogP contribution in [-0.2, 0) is 0 Å². The molecule has 1 atom stereocenters. The van der Waals surface area contributed by atoms with Crippen molar-refractivity contribution >= 4 is 27.9 Å². The number of rotatable bonds is 2. The number of nitrogen functional groups attached to an aromatic ring is 1. The molecule has 6 nitrogen and oxygen atoms in total. The van der Waals surface area contributed by atoms with Gasteiger partial charge in [-0.1, -0.05) is 0 Å². The van der Waals surface area contributed by atoms with Gasteiger partial charge in [0.05, 0.1) is 11.3 Å². The van der Waals surface area contributed by atoms with Gasteiger partial charge < -0.3 is 21.5 Å². The summed E-state index contributed by atoms with van der Waals surface area (Å²) in [5.41, 5.74) is 10.7. The van der Waals surface area contributed by atoms with E-state index in [-0.39, 0.29) is 16.1 Å². The van der Waals surface area contributed by atoms with Crippen LogP contribution in [0.5, 0.6) is 0 Å². The molecule has 0 bridgehead atoms. The Morgan fingerprint density at radius 3 is 2.84 bits per heavy atom. The van der Waals surface area contributed by atoms with E-state index < -0.39 is 11.5 Å². The quantitative estimate of drug-likeness (QED) is 0.735. The lowest BCUT2D eigenvalue weighted by atomic mass is 9.95. The minimum atomic E-state index is -0.795. The van der Waals surface area contributed by atoms with Crippen molar-refractivity contribution in [2.75, 3.05) is 23.7 Å². The van der Waals surface area contributed by atoms with E-state index in [0.717, 1.165) is 30.7 Å². The van der Waals surface area contributed by atoms with Crippen LogP contribution in [0.1, 0.15) is 35.0 Å². The molecule has 0 saturated carbocycles. The summed E-state index contributed by atoms with van der Waals surface area (Å²) in [7, 11) is 0. The Bertz CT molecular complexity index is 559. The third-order valence-electron chi connectivity index (χ3n) is 3.22. The average molecular weight is 280 g/mol.